The lowest BCUT2D eigenvalue weighted by molar-refractivity contribution is -0.220. The summed E-state index contributed by atoms with van der Waals surface area (Å²) in [6.07, 6.45) is 24.7. The number of allylic oxidation sites excluding steroid dienone is 9. The van der Waals surface area contributed by atoms with E-state index in [-0.39, 0.29) is 13.0 Å². The summed E-state index contributed by atoms with van der Waals surface area (Å²) >= 11 is 0. The second-order valence-corrected chi connectivity index (χ2v) is 14.8. The Morgan fingerprint density at radius 1 is 0.623 bits per heavy atom. The zero-order valence-electron chi connectivity index (χ0n) is 32.0. The molecule has 1 aliphatic rings. The SMILES string of the molecule is CC/C=C\C/C=C\C/C=C\C/C=C\C/C=C\CCOCC(COP(=O)(O)OC1C(O)C(O)C(O)C(O)C1O)OC(=O)CCCCCCCCCCCC. The van der Waals surface area contributed by atoms with Gasteiger partial charge in [-0.05, 0) is 44.9 Å². The van der Waals surface area contributed by atoms with Gasteiger partial charge in [0.2, 0.25) is 0 Å². The molecule has 0 amide bonds. The number of hydrogen-bond donors (Lipinski definition) is 6. The van der Waals surface area contributed by atoms with Crippen LogP contribution in [0.2, 0.25) is 0 Å². The number of carbonyl (C=O) groups is 1. The molecule has 13 heteroatoms. The molecule has 1 aliphatic carbocycles. The van der Waals surface area contributed by atoms with Crippen LogP contribution < -0.4 is 0 Å². The van der Waals surface area contributed by atoms with Crippen molar-refractivity contribution in [1.29, 1.82) is 0 Å². The largest absolute Gasteiger partial charge is 0.472 e. The monoisotopic (exact) mass is 772 g/mol. The third-order valence-electron chi connectivity index (χ3n) is 8.67. The molecule has 0 saturated heterocycles. The summed E-state index contributed by atoms with van der Waals surface area (Å²) in [5, 5.41) is 49.9. The summed E-state index contributed by atoms with van der Waals surface area (Å²) in [4.78, 5) is 23.0. The van der Waals surface area contributed by atoms with Gasteiger partial charge in [0.15, 0.2) is 0 Å². The zero-order valence-corrected chi connectivity index (χ0v) is 32.9. The fraction of sp³-hybridized carbons (Fsp3) is 0.725. The number of ether oxygens (including phenoxy) is 2. The van der Waals surface area contributed by atoms with Gasteiger partial charge in [0.25, 0.3) is 0 Å². The number of esters is 1. The van der Waals surface area contributed by atoms with E-state index < -0.39 is 63.1 Å². The first kappa shape index (κ1) is 49.1. The molecule has 0 radical (unpaired) electrons. The van der Waals surface area contributed by atoms with Gasteiger partial charge >= 0.3 is 13.8 Å². The van der Waals surface area contributed by atoms with Crippen LogP contribution in [0.3, 0.4) is 0 Å². The van der Waals surface area contributed by atoms with Crippen LogP contribution >= 0.6 is 7.82 Å². The summed E-state index contributed by atoms with van der Waals surface area (Å²) in [6, 6.07) is 0. The first-order valence-corrected chi connectivity index (χ1v) is 21.1. The average molecular weight is 773 g/mol. The zero-order chi connectivity index (χ0) is 39.2. The molecule has 0 bridgehead atoms. The molecule has 1 rings (SSSR count). The minimum atomic E-state index is -5.03. The fourth-order valence-electron chi connectivity index (χ4n) is 5.54. The van der Waals surface area contributed by atoms with Gasteiger partial charge in [0, 0.05) is 6.42 Å². The molecular weight excluding hydrogens is 703 g/mol. The van der Waals surface area contributed by atoms with E-state index in [2.05, 4.69) is 62.5 Å². The van der Waals surface area contributed by atoms with E-state index in [1.165, 1.54) is 38.5 Å². The van der Waals surface area contributed by atoms with E-state index in [1.54, 1.807) is 0 Å². The molecule has 1 saturated carbocycles. The number of unbranched alkanes of at least 4 members (excludes halogenated alkanes) is 9. The van der Waals surface area contributed by atoms with Gasteiger partial charge in [-0.25, -0.2) is 4.57 Å². The number of aliphatic hydroxyl groups excluding tert-OH is 5. The van der Waals surface area contributed by atoms with Gasteiger partial charge in [0.1, 0.15) is 42.7 Å². The molecule has 0 aromatic heterocycles. The molecule has 0 spiro atoms. The van der Waals surface area contributed by atoms with Crippen LogP contribution in [0.25, 0.3) is 0 Å². The molecule has 6 N–H and O–H groups in total. The predicted octanol–water partition coefficient (Wildman–Crippen LogP) is 6.69. The number of hydrogen-bond acceptors (Lipinski definition) is 11. The molecule has 0 aromatic carbocycles. The minimum Gasteiger partial charge on any atom is -0.457 e. The average Bonchev–Trinajstić information content (AvgIpc) is 3.14. The van der Waals surface area contributed by atoms with E-state index in [4.69, 9.17) is 18.5 Å². The molecule has 6 atom stereocenters. The molecule has 53 heavy (non-hydrogen) atoms. The van der Waals surface area contributed by atoms with E-state index in [0.29, 0.717) is 19.4 Å². The van der Waals surface area contributed by atoms with Gasteiger partial charge in [-0.3, -0.25) is 13.8 Å². The van der Waals surface area contributed by atoms with Crippen LogP contribution in [0.5, 0.6) is 0 Å². The van der Waals surface area contributed by atoms with Crippen molar-refractivity contribution in [1.82, 2.24) is 0 Å². The minimum absolute atomic E-state index is 0.132. The van der Waals surface area contributed by atoms with E-state index >= 15 is 0 Å². The van der Waals surface area contributed by atoms with Crippen LogP contribution in [-0.2, 0) is 27.9 Å². The van der Waals surface area contributed by atoms with E-state index in [1.807, 2.05) is 12.2 Å². The third-order valence-corrected chi connectivity index (χ3v) is 9.66. The highest BCUT2D eigenvalue weighted by atomic mass is 31.2. The van der Waals surface area contributed by atoms with Crippen LogP contribution in [0, 0.1) is 0 Å². The maximum Gasteiger partial charge on any atom is 0.472 e. The molecule has 1 fully saturated rings. The predicted molar refractivity (Wildman–Crippen MR) is 207 cm³/mol. The maximum absolute atomic E-state index is 12.7. The first-order valence-electron chi connectivity index (χ1n) is 19.6. The highest BCUT2D eigenvalue weighted by Gasteiger charge is 2.51. The standard InChI is InChI=1S/C40H69O12P/c1-3-5-7-9-11-13-15-16-17-18-19-20-22-24-26-28-30-49-31-33(51-34(41)29-27-25-23-21-14-12-10-8-6-4-2)32-50-53(47,48)52-40-38(45)36(43)35(42)37(44)39(40)46/h5,7,11,13,16-17,19-20,24,26,33,35-40,42-46H,3-4,6,8-10,12,14-15,18,21-23,25,27-32H2,1-2H3,(H,47,48)/b7-5-,13-11-,17-16-,20-19-,26-24-. The summed E-state index contributed by atoms with van der Waals surface area (Å²) in [6.45, 7) is 3.88. The Hall–Kier alpha value is -1.96. The van der Waals surface area contributed by atoms with Crippen LogP contribution in [0.4, 0.5) is 0 Å². The normalized spacial score (nSPS) is 24.3. The van der Waals surface area contributed by atoms with E-state index in [0.717, 1.165) is 51.4 Å². The topological polar surface area (TPSA) is 192 Å². The van der Waals surface area contributed by atoms with Crippen molar-refractivity contribution in [3.05, 3.63) is 60.8 Å². The van der Waals surface area contributed by atoms with Gasteiger partial charge in [-0.15, -0.1) is 0 Å². The molecule has 306 valence electrons. The Bertz CT molecular complexity index is 1110. The van der Waals surface area contributed by atoms with Crippen LogP contribution in [-0.4, -0.2) is 98.9 Å². The summed E-state index contributed by atoms with van der Waals surface area (Å²) in [5.41, 5.74) is 0. The second kappa shape index (κ2) is 31.3. The molecular formula is C40H69O12P. The number of phosphoric acid groups is 1. The summed E-state index contributed by atoms with van der Waals surface area (Å²) in [5.74, 6) is -0.508. The molecule has 0 aliphatic heterocycles. The molecule has 0 heterocycles. The van der Waals surface area contributed by atoms with Crippen molar-refractivity contribution in [3.63, 3.8) is 0 Å². The number of carbonyl (C=O) groups excluding carboxylic acids is 1. The lowest BCUT2D eigenvalue weighted by Gasteiger charge is -2.41. The Balaban J connectivity index is 2.53. The van der Waals surface area contributed by atoms with Crippen LogP contribution in [0.15, 0.2) is 60.8 Å². The van der Waals surface area contributed by atoms with Gasteiger partial charge in [0.05, 0.1) is 19.8 Å². The van der Waals surface area contributed by atoms with E-state index in [9.17, 15) is 39.8 Å². The third kappa shape index (κ3) is 24.2. The van der Waals surface area contributed by atoms with Gasteiger partial charge in [-0.2, -0.15) is 0 Å². The molecule has 6 unspecified atom stereocenters. The highest BCUT2D eigenvalue weighted by Crippen LogP contribution is 2.47. The van der Waals surface area contributed by atoms with Crippen molar-refractivity contribution in [2.24, 2.45) is 0 Å². The summed E-state index contributed by atoms with van der Waals surface area (Å²) < 4.78 is 33.8. The quantitative estimate of drug-likeness (QED) is 0.0190. The second-order valence-electron chi connectivity index (χ2n) is 13.4. The lowest BCUT2D eigenvalue weighted by atomic mass is 9.85. The summed E-state index contributed by atoms with van der Waals surface area (Å²) in [7, 11) is -5.03. The number of rotatable bonds is 31. The number of aliphatic hydroxyl groups is 5. The Kier molecular flexibility index (Phi) is 28.9. The number of phosphoric ester groups is 1. The van der Waals surface area contributed by atoms with Crippen molar-refractivity contribution in [2.45, 2.75) is 166 Å². The highest BCUT2D eigenvalue weighted by molar-refractivity contribution is 7.47. The molecule has 12 nitrogen and oxygen atoms in total. The van der Waals surface area contributed by atoms with Gasteiger partial charge < -0.3 is 39.9 Å². The maximum atomic E-state index is 12.7. The van der Waals surface area contributed by atoms with Crippen molar-refractivity contribution in [2.75, 3.05) is 19.8 Å². The lowest BCUT2D eigenvalue weighted by Crippen LogP contribution is -2.64. The Morgan fingerprint density at radius 3 is 1.58 bits per heavy atom. The van der Waals surface area contributed by atoms with Crippen molar-refractivity contribution >= 4 is 13.8 Å². The Labute approximate surface area is 317 Å². The van der Waals surface area contributed by atoms with Gasteiger partial charge in [-0.1, -0.05) is 132 Å². The van der Waals surface area contributed by atoms with Crippen LogP contribution in [0.1, 0.15) is 123 Å². The molecule has 0 aromatic rings. The smallest absolute Gasteiger partial charge is 0.457 e. The fourth-order valence-corrected chi connectivity index (χ4v) is 6.51. The van der Waals surface area contributed by atoms with Crippen molar-refractivity contribution < 1.29 is 58.3 Å². The Morgan fingerprint density at radius 2 is 1.08 bits per heavy atom. The van der Waals surface area contributed by atoms with Crippen molar-refractivity contribution in [3.8, 4) is 0 Å². The first-order chi connectivity index (χ1) is 25.5.